The van der Waals surface area contributed by atoms with Crippen molar-refractivity contribution in [2.45, 2.75) is 13.0 Å². The monoisotopic (exact) mass is 340 g/mol. The highest BCUT2D eigenvalue weighted by Gasteiger charge is 2.32. The van der Waals surface area contributed by atoms with Crippen LogP contribution in [0.4, 0.5) is 4.79 Å². The molecule has 1 aromatic rings. The first-order valence-corrected chi connectivity index (χ1v) is 7.08. The number of benzene rings is 1. The van der Waals surface area contributed by atoms with Crippen LogP contribution < -0.4 is 20.1 Å². The first-order chi connectivity index (χ1) is 10.9. The van der Waals surface area contributed by atoms with E-state index in [2.05, 4.69) is 10.6 Å². The van der Waals surface area contributed by atoms with Crippen LogP contribution in [0, 0.1) is 0 Å². The number of urea groups is 1. The highest BCUT2D eigenvalue weighted by Crippen LogP contribution is 2.39. The molecule has 7 nitrogen and oxygen atoms in total. The molecule has 2 amide bonds. The van der Waals surface area contributed by atoms with Crippen LogP contribution in [0.15, 0.2) is 23.4 Å². The summed E-state index contributed by atoms with van der Waals surface area (Å²) in [5.74, 6) is 0.217. The van der Waals surface area contributed by atoms with Crippen LogP contribution in [0.1, 0.15) is 18.5 Å². The third kappa shape index (κ3) is 3.19. The topological polar surface area (TPSA) is 85.9 Å². The summed E-state index contributed by atoms with van der Waals surface area (Å²) in [5.41, 5.74) is 1.27. The molecule has 0 aromatic heterocycles. The van der Waals surface area contributed by atoms with Crippen LogP contribution in [0.3, 0.4) is 0 Å². The smallest absolute Gasteiger partial charge is 0.337 e. The van der Waals surface area contributed by atoms with E-state index in [9.17, 15) is 9.59 Å². The zero-order chi connectivity index (χ0) is 17.1. The van der Waals surface area contributed by atoms with Crippen LogP contribution in [-0.4, -0.2) is 33.3 Å². The third-order valence-electron chi connectivity index (χ3n) is 3.46. The predicted octanol–water partition coefficient (Wildman–Crippen LogP) is 2.16. The highest BCUT2D eigenvalue weighted by molar-refractivity contribution is 6.32. The number of allylic oxidation sites excluding steroid dienone is 1. The van der Waals surface area contributed by atoms with E-state index in [1.165, 1.54) is 21.3 Å². The number of amides is 2. The van der Waals surface area contributed by atoms with Crippen LogP contribution >= 0.6 is 11.6 Å². The molecule has 0 aliphatic carbocycles. The Balaban J connectivity index is 2.58. The van der Waals surface area contributed by atoms with Gasteiger partial charge in [0.2, 0.25) is 0 Å². The Kier molecular flexibility index (Phi) is 5.00. The Morgan fingerprint density at radius 2 is 1.91 bits per heavy atom. The number of methoxy groups -OCH3 is 3. The molecule has 0 saturated carbocycles. The van der Waals surface area contributed by atoms with Gasteiger partial charge in [0.15, 0.2) is 11.5 Å². The van der Waals surface area contributed by atoms with Crippen molar-refractivity contribution in [1.29, 1.82) is 0 Å². The minimum Gasteiger partial charge on any atom is -0.493 e. The first kappa shape index (κ1) is 17.0. The Morgan fingerprint density at radius 3 is 2.48 bits per heavy atom. The second-order valence-electron chi connectivity index (χ2n) is 4.80. The predicted molar refractivity (Wildman–Crippen MR) is 83.7 cm³/mol. The van der Waals surface area contributed by atoms with Crippen LogP contribution in [0.2, 0.25) is 5.02 Å². The molecule has 1 unspecified atom stereocenters. The molecule has 0 bridgehead atoms. The third-order valence-corrected chi connectivity index (χ3v) is 3.74. The summed E-state index contributed by atoms with van der Waals surface area (Å²) in [7, 11) is 4.22. The SMILES string of the molecule is COC(=O)C1=C(C)NC(=O)NC1c1cc(Cl)c(OC)c(OC)c1. The number of ether oxygens (including phenoxy) is 3. The first-order valence-electron chi connectivity index (χ1n) is 6.71. The van der Waals surface area contributed by atoms with E-state index < -0.39 is 18.0 Å². The molecule has 1 aromatic carbocycles. The fraction of sp³-hybridized carbons (Fsp3) is 0.333. The van der Waals surface area contributed by atoms with Crippen molar-refractivity contribution in [3.63, 3.8) is 0 Å². The van der Waals surface area contributed by atoms with E-state index in [0.717, 1.165) is 0 Å². The molecule has 0 saturated heterocycles. The summed E-state index contributed by atoms with van der Waals surface area (Å²) < 4.78 is 15.2. The molecule has 0 fully saturated rings. The lowest BCUT2D eigenvalue weighted by Gasteiger charge is -2.28. The average Bonchev–Trinajstić information content (AvgIpc) is 2.52. The summed E-state index contributed by atoms with van der Waals surface area (Å²) >= 11 is 6.20. The second-order valence-corrected chi connectivity index (χ2v) is 5.21. The molecule has 23 heavy (non-hydrogen) atoms. The maximum absolute atomic E-state index is 12.1. The van der Waals surface area contributed by atoms with Crippen molar-refractivity contribution < 1.29 is 23.8 Å². The summed E-state index contributed by atoms with van der Waals surface area (Å²) in [6.45, 7) is 1.63. The average molecular weight is 341 g/mol. The van der Waals surface area contributed by atoms with Crippen molar-refractivity contribution in [1.82, 2.24) is 10.6 Å². The Morgan fingerprint density at radius 1 is 1.22 bits per heavy atom. The van der Waals surface area contributed by atoms with Crippen molar-refractivity contribution >= 4 is 23.6 Å². The van der Waals surface area contributed by atoms with Gasteiger partial charge in [0.25, 0.3) is 0 Å². The fourth-order valence-corrected chi connectivity index (χ4v) is 2.73. The van der Waals surface area contributed by atoms with E-state index >= 15 is 0 Å². The van der Waals surface area contributed by atoms with Crippen molar-refractivity contribution in [2.75, 3.05) is 21.3 Å². The molecule has 2 N–H and O–H groups in total. The van der Waals surface area contributed by atoms with Gasteiger partial charge in [0, 0.05) is 5.70 Å². The summed E-state index contributed by atoms with van der Waals surface area (Å²) in [4.78, 5) is 23.8. The Bertz CT molecular complexity index is 687. The van der Waals surface area contributed by atoms with Gasteiger partial charge in [-0.25, -0.2) is 9.59 Å². The van der Waals surface area contributed by atoms with Gasteiger partial charge in [-0.05, 0) is 24.6 Å². The van der Waals surface area contributed by atoms with E-state index in [-0.39, 0.29) is 5.57 Å². The van der Waals surface area contributed by atoms with Gasteiger partial charge in [-0.15, -0.1) is 0 Å². The van der Waals surface area contributed by atoms with Crippen LogP contribution in [0.25, 0.3) is 0 Å². The van der Waals surface area contributed by atoms with Crippen molar-refractivity contribution in [3.05, 3.63) is 34.0 Å². The number of esters is 1. The van der Waals surface area contributed by atoms with Crippen molar-refractivity contribution in [3.8, 4) is 11.5 Å². The number of carbonyl (C=O) groups excluding carboxylic acids is 2. The molecule has 2 rings (SSSR count). The molecule has 0 radical (unpaired) electrons. The molecule has 0 spiro atoms. The Hall–Kier alpha value is -2.41. The van der Waals surface area contributed by atoms with E-state index in [0.29, 0.717) is 27.8 Å². The minimum absolute atomic E-state index is 0.287. The van der Waals surface area contributed by atoms with Crippen LogP contribution in [-0.2, 0) is 9.53 Å². The maximum Gasteiger partial charge on any atom is 0.337 e. The van der Waals surface area contributed by atoms with Gasteiger partial charge in [-0.3, -0.25) is 0 Å². The number of halogens is 1. The molecule has 1 heterocycles. The van der Waals surface area contributed by atoms with E-state index in [4.69, 9.17) is 25.8 Å². The van der Waals surface area contributed by atoms with Crippen molar-refractivity contribution in [2.24, 2.45) is 0 Å². The molecule has 8 heteroatoms. The normalized spacial score (nSPS) is 17.3. The Labute approximate surface area is 138 Å². The molecule has 1 aliphatic heterocycles. The largest absolute Gasteiger partial charge is 0.493 e. The highest BCUT2D eigenvalue weighted by atomic mass is 35.5. The maximum atomic E-state index is 12.1. The van der Waals surface area contributed by atoms with E-state index in [1.54, 1.807) is 19.1 Å². The summed E-state index contributed by atoms with van der Waals surface area (Å²) in [6, 6.07) is 2.12. The number of rotatable bonds is 4. The molecular formula is C15H17ClN2O5. The molecule has 1 atom stereocenters. The number of nitrogens with one attached hydrogen (secondary N) is 2. The van der Waals surface area contributed by atoms with Gasteiger partial charge in [0.1, 0.15) is 0 Å². The molecular weight excluding hydrogens is 324 g/mol. The minimum atomic E-state index is -0.714. The van der Waals surface area contributed by atoms with Gasteiger partial charge in [0.05, 0.1) is 38.0 Å². The van der Waals surface area contributed by atoms with E-state index in [1.807, 2.05) is 0 Å². The lowest BCUT2D eigenvalue weighted by atomic mass is 9.95. The lowest BCUT2D eigenvalue weighted by Crippen LogP contribution is -2.45. The number of hydrogen-bond acceptors (Lipinski definition) is 5. The second kappa shape index (κ2) is 6.78. The summed E-state index contributed by atoms with van der Waals surface area (Å²) in [6.07, 6.45) is 0. The standard InChI is InChI=1S/C15H17ClN2O5/c1-7-11(14(19)23-4)12(18-15(20)17-7)8-5-9(16)13(22-3)10(6-8)21-2/h5-6,12H,1-4H3,(H2,17,18,20). The van der Waals surface area contributed by atoms with Gasteiger partial charge < -0.3 is 24.8 Å². The quantitative estimate of drug-likeness (QED) is 0.820. The summed E-state index contributed by atoms with van der Waals surface area (Å²) in [5, 5.41) is 5.53. The van der Waals surface area contributed by atoms with Gasteiger partial charge in [-0.2, -0.15) is 0 Å². The van der Waals surface area contributed by atoms with Gasteiger partial charge >= 0.3 is 12.0 Å². The van der Waals surface area contributed by atoms with Gasteiger partial charge in [-0.1, -0.05) is 11.6 Å². The zero-order valence-corrected chi connectivity index (χ0v) is 13.9. The number of carbonyl (C=O) groups is 2. The molecule has 124 valence electrons. The zero-order valence-electron chi connectivity index (χ0n) is 13.2. The number of hydrogen-bond donors (Lipinski definition) is 2. The van der Waals surface area contributed by atoms with Crippen LogP contribution in [0.5, 0.6) is 11.5 Å². The lowest BCUT2D eigenvalue weighted by molar-refractivity contribution is -0.136. The molecule has 1 aliphatic rings. The fourth-order valence-electron chi connectivity index (χ4n) is 2.43.